The van der Waals surface area contributed by atoms with E-state index in [0.717, 1.165) is 38.0 Å². The van der Waals surface area contributed by atoms with Crippen LogP contribution in [-0.4, -0.2) is 50.0 Å². The second-order valence-corrected chi connectivity index (χ2v) is 7.57. The monoisotopic (exact) mass is 369 g/mol. The van der Waals surface area contributed by atoms with Crippen LogP contribution in [0.5, 0.6) is 0 Å². The van der Waals surface area contributed by atoms with Gasteiger partial charge < -0.3 is 10.2 Å². The smallest absolute Gasteiger partial charge is 0.225 e. The molecule has 0 radical (unpaired) electrons. The minimum absolute atomic E-state index is 0.0267. The maximum absolute atomic E-state index is 12.8. The van der Waals surface area contributed by atoms with Crippen LogP contribution in [0, 0.1) is 5.92 Å². The third kappa shape index (κ3) is 4.43. The molecule has 1 N–H and O–H groups in total. The zero-order chi connectivity index (χ0) is 18.5. The largest absolute Gasteiger partial charge is 0.354 e. The summed E-state index contributed by atoms with van der Waals surface area (Å²) in [4.78, 5) is 18.9. The second kappa shape index (κ2) is 8.45. The highest BCUT2D eigenvalue weighted by molar-refractivity contribution is 5.79. The summed E-state index contributed by atoms with van der Waals surface area (Å²) in [5.41, 5.74) is 0. The summed E-state index contributed by atoms with van der Waals surface area (Å²) in [6.07, 6.45) is 12.3. The molecule has 2 aromatic rings. The third-order valence-corrected chi connectivity index (χ3v) is 5.61. The van der Waals surface area contributed by atoms with Crippen molar-refractivity contribution in [2.45, 2.75) is 57.4 Å². The predicted molar refractivity (Wildman–Crippen MR) is 102 cm³/mol. The molecule has 2 aromatic heterocycles. The number of carbonyl (C=O) groups excluding carboxylic acids is 1. The van der Waals surface area contributed by atoms with Gasteiger partial charge in [0.15, 0.2) is 11.6 Å². The molecule has 144 valence electrons. The van der Waals surface area contributed by atoms with Gasteiger partial charge >= 0.3 is 0 Å². The normalized spacial score (nSPS) is 21.6. The van der Waals surface area contributed by atoms with E-state index in [9.17, 15) is 4.79 Å². The lowest BCUT2D eigenvalue weighted by Gasteiger charge is -2.33. The average Bonchev–Trinajstić information content (AvgIpc) is 3.14. The van der Waals surface area contributed by atoms with Crippen LogP contribution in [-0.2, 0) is 4.79 Å². The van der Waals surface area contributed by atoms with Gasteiger partial charge in [0.2, 0.25) is 5.91 Å². The van der Waals surface area contributed by atoms with E-state index in [1.807, 2.05) is 12.1 Å². The Bertz CT molecular complexity index is 723. The van der Waals surface area contributed by atoms with E-state index < -0.39 is 0 Å². The van der Waals surface area contributed by atoms with Crippen LogP contribution in [0.15, 0.2) is 24.8 Å². The number of hydrogen-bond donors (Lipinski definition) is 1. The molecular weight excluding hydrogens is 342 g/mol. The molecule has 27 heavy (non-hydrogen) atoms. The Morgan fingerprint density at radius 3 is 2.48 bits per heavy atom. The molecule has 1 amide bonds. The van der Waals surface area contributed by atoms with Crippen molar-refractivity contribution in [3.05, 3.63) is 24.8 Å². The molecule has 1 saturated heterocycles. The molecule has 1 aliphatic carbocycles. The first-order chi connectivity index (χ1) is 13.3. The Labute approximate surface area is 159 Å². The number of carbonyl (C=O) groups is 1. The van der Waals surface area contributed by atoms with Gasteiger partial charge in [0.25, 0.3) is 0 Å². The van der Waals surface area contributed by atoms with E-state index in [1.54, 1.807) is 11.0 Å². The number of amides is 1. The van der Waals surface area contributed by atoms with Gasteiger partial charge in [-0.15, -0.1) is 10.2 Å². The Hall–Kier alpha value is -2.51. The minimum atomic E-state index is 0.0267. The zero-order valence-corrected chi connectivity index (χ0v) is 15.6. The molecule has 1 unspecified atom stereocenters. The minimum Gasteiger partial charge on any atom is -0.354 e. The highest BCUT2D eigenvalue weighted by Crippen LogP contribution is 2.23. The van der Waals surface area contributed by atoms with E-state index in [2.05, 4.69) is 30.5 Å². The van der Waals surface area contributed by atoms with Crippen LogP contribution in [0.2, 0.25) is 0 Å². The zero-order valence-electron chi connectivity index (χ0n) is 15.6. The quantitative estimate of drug-likeness (QED) is 0.831. The molecule has 2 fully saturated rings. The molecule has 2 aliphatic rings. The summed E-state index contributed by atoms with van der Waals surface area (Å²) in [5, 5.41) is 15.9. The molecule has 1 aliphatic heterocycles. The second-order valence-electron chi connectivity index (χ2n) is 7.57. The van der Waals surface area contributed by atoms with Crippen LogP contribution in [0.4, 0.5) is 5.82 Å². The number of anilines is 1. The number of nitrogens with zero attached hydrogens (tertiary/aromatic N) is 6. The van der Waals surface area contributed by atoms with E-state index in [1.165, 1.54) is 32.0 Å². The fraction of sp³-hybridized carbons (Fsp3) is 0.632. The van der Waals surface area contributed by atoms with Gasteiger partial charge in [-0.05, 0) is 37.8 Å². The molecule has 0 bridgehead atoms. The first-order valence-electron chi connectivity index (χ1n) is 10.0. The SMILES string of the molecule is O=C(NC1CCCCCC1)C1CCCN(c2ccc(-n3cncn3)nn2)C1. The van der Waals surface area contributed by atoms with Gasteiger partial charge in [0.05, 0.1) is 5.92 Å². The van der Waals surface area contributed by atoms with Crippen LogP contribution in [0.25, 0.3) is 5.82 Å². The summed E-state index contributed by atoms with van der Waals surface area (Å²) in [7, 11) is 0. The van der Waals surface area contributed by atoms with Crippen LogP contribution in [0.1, 0.15) is 51.4 Å². The summed E-state index contributed by atoms with van der Waals surface area (Å²) >= 11 is 0. The van der Waals surface area contributed by atoms with Gasteiger partial charge in [-0.2, -0.15) is 5.10 Å². The maximum atomic E-state index is 12.8. The average molecular weight is 369 g/mol. The molecule has 0 aromatic carbocycles. The molecule has 1 atom stereocenters. The fourth-order valence-corrected chi connectivity index (χ4v) is 4.08. The summed E-state index contributed by atoms with van der Waals surface area (Å²) in [5.74, 6) is 1.68. The summed E-state index contributed by atoms with van der Waals surface area (Å²) in [6.45, 7) is 1.61. The Morgan fingerprint density at radius 2 is 1.78 bits per heavy atom. The summed E-state index contributed by atoms with van der Waals surface area (Å²) < 4.78 is 1.58. The van der Waals surface area contributed by atoms with E-state index in [-0.39, 0.29) is 11.8 Å². The predicted octanol–water partition coefficient (Wildman–Crippen LogP) is 2.11. The molecule has 4 rings (SSSR count). The standard InChI is InChI=1S/C19H27N7O/c27-19(22-16-7-3-1-2-4-8-16)15-6-5-11-25(12-15)17-9-10-18(24-23-17)26-14-20-13-21-26/h9-10,13-16H,1-8,11-12H2,(H,22,27). The molecule has 3 heterocycles. The first kappa shape index (κ1) is 17.9. The third-order valence-electron chi connectivity index (χ3n) is 5.61. The van der Waals surface area contributed by atoms with Crippen molar-refractivity contribution in [2.75, 3.05) is 18.0 Å². The molecule has 0 spiro atoms. The van der Waals surface area contributed by atoms with Crippen LogP contribution < -0.4 is 10.2 Å². The lowest BCUT2D eigenvalue weighted by Crippen LogP contribution is -2.46. The summed E-state index contributed by atoms with van der Waals surface area (Å²) in [6, 6.07) is 4.18. The van der Waals surface area contributed by atoms with Gasteiger partial charge in [-0.3, -0.25) is 4.79 Å². The number of nitrogens with one attached hydrogen (secondary N) is 1. The van der Waals surface area contributed by atoms with Crippen molar-refractivity contribution in [1.82, 2.24) is 30.3 Å². The Kier molecular flexibility index (Phi) is 5.60. The maximum Gasteiger partial charge on any atom is 0.225 e. The van der Waals surface area contributed by atoms with Crippen LogP contribution >= 0.6 is 0 Å². The fourth-order valence-electron chi connectivity index (χ4n) is 4.08. The van der Waals surface area contributed by atoms with Gasteiger partial charge in [0, 0.05) is 19.1 Å². The van der Waals surface area contributed by atoms with E-state index in [0.29, 0.717) is 18.4 Å². The molecule has 8 heteroatoms. The van der Waals surface area contributed by atoms with Crippen molar-refractivity contribution in [3.63, 3.8) is 0 Å². The number of aromatic nitrogens is 5. The van der Waals surface area contributed by atoms with Gasteiger partial charge in [-0.1, -0.05) is 25.7 Å². The highest BCUT2D eigenvalue weighted by Gasteiger charge is 2.28. The Balaban J connectivity index is 1.36. The number of hydrogen-bond acceptors (Lipinski definition) is 6. The first-order valence-corrected chi connectivity index (χ1v) is 10.0. The van der Waals surface area contributed by atoms with Crippen molar-refractivity contribution in [3.8, 4) is 5.82 Å². The molecular formula is C19H27N7O. The molecule has 8 nitrogen and oxygen atoms in total. The molecule has 1 saturated carbocycles. The van der Waals surface area contributed by atoms with E-state index in [4.69, 9.17) is 0 Å². The number of rotatable bonds is 4. The highest BCUT2D eigenvalue weighted by atomic mass is 16.2. The van der Waals surface area contributed by atoms with Crippen LogP contribution in [0.3, 0.4) is 0 Å². The van der Waals surface area contributed by atoms with Crippen molar-refractivity contribution in [1.29, 1.82) is 0 Å². The lowest BCUT2D eigenvalue weighted by atomic mass is 9.96. The Morgan fingerprint density at radius 1 is 1.00 bits per heavy atom. The lowest BCUT2D eigenvalue weighted by molar-refractivity contribution is -0.126. The number of piperidine rings is 1. The topological polar surface area (TPSA) is 88.8 Å². The van der Waals surface area contributed by atoms with Crippen molar-refractivity contribution in [2.24, 2.45) is 5.92 Å². The van der Waals surface area contributed by atoms with Gasteiger partial charge in [-0.25, -0.2) is 9.67 Å². The van der Waals surface area contributed by atoms with Crippen molar-refractivity contribution >= 4 is 11.7 Å². The van der Waals surface area contributed by atoms with E-state index >= 15 is 0 Å². The van der Waals surface area contributed by atoms with Crippen molar-refractivity contribution < 1.29 is 4.79 Å². The van der Waals surface area contributed by atoms with Gasteiger partial charge in [0.1, 0.15) is 12.7 Å².